The SMILES string of the molecule is COc1ccc(C(C)=O)cc1CS(=O)(=O)CC(=O)N1CCCc2ccccc21. The van der Waals surface area contributed by atoms with E-state index in [0.29, 0.717) is 23.4 Å². The summed E-state index contributed by atoms with van der Waals surface area (Å²) in [4.78, 5) is 25.9. The minimum Gasteiger partial charge on any atom is -0.496 e. The Morgan fingerprint density at radius 1 is 1.14 bits per heavy atom. The standard InChI is InChI=1S/C21H23NO5S/c1-15(23)17-9-10-20(27-2)18(12-17)13-28(25,26)14-21(24)22-11-5-7-16-6-3-4-8-19(16)22/h3-4,6,8-10,12H,5,7,11,13-14H2,1-2H3. The molecule has 1 aliphatic rings. The summed E-state index contributed by atoms with van der Waals surface area (Å²) in [5, 5.41) is 0. The van der Waals surface area contributed by atoms with Gasteiger partial charge in [-0.3, -0.25) is 9.59 Å². The summed E-state index contributed by atoms with van der Waals surface area (Å²) >= 11 is 0. The molecule has 148 valence electrons. The van der Waals surface area contributed by atoms with Crippen LogP contribution in [0.25, 0.3) is 0 Å². The molecule has 0 unspecified atom stereocenters. The number of fused-ring (bicyclic) bond motifs is 1. The molecule has 6 nitrogen and oxygen atoms in total. The van der Waals surface area contributed by atoms with E-state index in [2.05, 4.69) is 0 Å². The molecule has 1 amide bonds. The van der Waals surface area contributed by atoms with Gasteiger partial charge in [-0.25, -0.2) is 8.42 Å². The number of amides is 1. The lowest BCUT2D eigenvalue weighted by Crippen LogP contribution is -2.39. The van der Waals surface area contributed by atoms with E-state index in [4.69, 9.17) is 4.74 Å². The highest BCUT2D eigenvalue weighted by atomic mass is 32.2. The van der Waals surface area contributed by atoms with E-state index in [1.165, 1.54) is 20.1 Å². The van der Waals surface area contributed by atoms with Crippen molar-refractivity contribution in [3.8, 4) is 5.75 Å². The molecule has 1 aliphatic heterocycles. The van der Waals surface area contributed by atoms with Crippen molar-refractivity contribution in [3.05, 3.63) is 59.2 Å². The van der Waals surface area contributed by atoms with Crippen LogP contribution in [0.15, 0.2) is 42.5 Å². The number of methoxy groups -OCH3 is 1. The Kier molecular flexibility index (Phi) is 5.84. The molecule has 0 aromatic heterocycles. The number of benzene rings is 2. The molecule has 0 fully saturated rings. The van der Waals surface area contributed by atoms with E-state index in [1.807, 2.05) is 24.3 Å². The van der Waals surface area contributed by atoms with Crippen molar-refractivity contribution in [2.75, 3.05) is 24.3 Å². The number of aryl methyl sites for hydroxylation is 1. The molecule has 0 aliphatic carbocycles. The molecule has 28 heavy (non-hydrogen) atoms. The highest BCUT2D eigenvalue weighted by molar-refractivity contribution is 7.91. The fraction of sp³-hybridized carbons (Fsp3) is 0.333. The maximum Gasteiger partial charge on any atom is 0.242 e. The highest BCUT2D eigenvalue weighted by Gasteiger charge is 2.27. The van der Waals surface area contributed by atoms with E-state index in [-0.39, 0.29) is 11.5 Å². The van der Waals surface area contributed by atoms with E-state index >= 15 is 0 Å². The first-order chi connectivity index (χ1) is 13.3. The number of anilines is 1. The maximum absolute atomic E-state index is 12.8. The fourth-order valence-electron chi connectivity index (χ4n) is 3.46. The lowest BCUT2D eigenvalue weighted by Gasteiger charge is -2.29. The molecule has 0 spiro atoms. The molecule has 0 atom stereocenters. The number of ether oxygens (including phenoxy) is 1. The van der Waals surface area contributed by atoms with Crippen molar-refractivity contribution in [1.29, 1.82) is 0 Å². The number of nitrogens with zero attached hydrogens (tertiary/aromatic N) is 1. The van der Waals surface area contributed by atoms with E-state index in [1.54, 1.807) is 17.0 Å². The lowest BCUT2D eigenvalue weighted by molar-refractivity contribution is -0.116. The third-order valence-corrected chi connectivity index (χ3v) is 6.25. The van der Waals surface area contributed by atoms with Gasteiger partial charge in [0.15, 0.2) is 15.6 Å². The van der Waals surface area contributed by atoms with Crippen LogP contribution in [0.5, 0.6) is 5.75 Å². The van der Waals surface area contributed by atoms with Gasteiger partial charge in [0, 0.05) is 23.4 Å². The van der Waals surface area contributed by atoms with Gasteiger partial charge < -0.3 is 9.64 Å². The third-order valence-electron chi connectivity index (χ3n) is 4.82. The Bertz CT molecular complexity index is 1010. The first-order valence-corrected chi connectivity index (χ1v) is 10.9. The van der Waals surface area contributed by atoms with Gasteiger partial charge in [-0.05, 0) is 49.6 Å². The molecule has 0 saturated carbocycles. The summed E-state index contributed by atoms with van der Waals surface area (Å²) in [5.41, 5.74) is 2.62. The zero-order valence-corrected chi connectivity index (χ0v) is 16.8. The van der Waals surface area contributed by atoms with Crippen LogP contribution in [-0.2, 0) is 26.8 Å². The predicted molar refractivity (Wildman–Crippen MR) is 108 cm³/mol. The number of sulfone groups is 1. The molecular formula is C21H23NO5S. The van der Waals surface area contributed by atoms with Crippen molar-refractivity contribution < 1.29 is 22.7 Å². The van der Waals surface area contributed by atoms with Crippen LogP contribution >= 0.6 is 0 Å². The highest BCUT2D eigenvalue weighted by Crippen LogP contribution is 2.28. The number of carbonyl (C=O) groups excluding carboxylic acids is 2. The zero-order valence-electron chi connectivity index (χ0n) is 16.0. The smallest absolute Gasteiger partial charge is 0.242 e. The quantitative estimate of drug-likeness (QED) is 0.696. The van der Waals surface area contributed by atoms with Gasteiger partial charge in [-0.2, -0.15) is 0 Å². The van der Waals surface area contributed by atoms with Crippen LogP contribution in [-0.4, -0.2) is 39.5 Å². The van der Waals surface area contributed by atoms with Crippen LogP contribution in [0.1, 0.15) is 34.8 Å². The predicted octanol–water partition coefficient (Wildman–Crippen LogP) is 2.79. The summed E-state index contributed by atoms with van der Waals surface area (Å²) in [6.07, 6.45) is 1.68. The van der Waals surface area contributed by atoms with Gasteiger partial charge in [0.1, 0.15) is 11.5 Å². The molecule has 2 aromatic rings. The summed E-state index contributed by atoms with van der Waals surface area (Å²) in [6.45, 7) is 1.92. The minimum atomic E-state index is -3.74. The number of carbonyl (C=O) groups is 2. The topological polar surface area (TPSA) is 80.8 Å². The molecule has 0 radical (unpaired) electrons. The Morgan fingerprint density at radius 3 is 2.61 bits per heavy atom. The van der Waals surface area contributed by atoms with Crippen molar-refractivity contribution in [2.45, 2.75) is 25.5 Å². The summed E-state index contributed by atoms with van der Waals surface area (Å²) in [6, 6.07) is 12.2. The largest absolute Gasteiger partial charge is 0.496 e. The van der Waals surface area contributed by atoms with Gasteiger partial charge in [0.2, 0.25) is 5.91 Å². The van der Waals surface area contributed by atoms with Crippen LogP contribution in [0, 0.1) is 0 Å². The molecule has 0 saturated heterocycles. The Hall–Kier alpha value is -2.67. The van der Waals surface area contributed by atoms with Crippen LogP contribution in [0.4, 0.5) is 5.69 Å². The van der Waals surface area contributed by atoms with Gasteiger partial charge in [-0.1, -0.05) is 18.2 Å². The van der Waals surface area contributed by atoms with Crippen molar-refractivity contribution >= 4 is 27.2 Å². The van der Waals surface area contributed by atoms with Gasteiger partial charge in [0.25, 0.3) is 0 Å². The average Bonchev–Trinajstić information content (AvgIpc) is 2.66. The minimum absolute atomic E-state index is 0.165. The second-order valence-corrected chi connectivity index (χ2v) is 8.96. The van der Waals surface area contributed by atoms with Gasteiger partial charge in [0.05, 0.1) is 12.9 Å². The van der Waals surface area contributed by atoms with Crippen LogP contribution in [0.3, 0.4) is 0 Å². The first kappa shape index (κ1) is 20.1. The van der Waals surface area contributed by atoms with Gasteiger partial charge >= 0.3 is 0 Å². The molecule has 0 N–H and O–H groups in total. The van der Waals surface area contributed by atoms with Crippen molar-refractivity contribution in [2.24, 2.45) is 0 Å². The summed E-state index contributed by atoms with van der Waals surface area (Å²) in [7, 11) is -2.30. The number of rotatable bonds is 6. The third kappa shape index (κ3) is 4.42. The van der Waals surface area contributed by atoms with E-state index in [9.17, 15) is 18.0 Å². The van der Waals surface area contributed by atoms with Gasteiger partial charge in [-0.15, -0.1) is 0 Å². The first-order valence-electron chi connectivity index (χ1n) is 9.07. The fourth-order valence-corrected chi connectivity index (χ4v) is 4.79. The summed E-state index contributed by atoms with van der Waals surface area (Å²) in [5.74, 6) is -1.17. The Labute approximate surface area is 165 Å². The number of Topliss-reactive ketones (excluding diaryl/α,β-unsaturated/α-hetero) is 1. The maximum atomic E-state index is 12.8. The van der Waals surface area contributed by atoms with Crippen molar-refractivity contribution in [3.63, 3.8) is 0 Å². The van der Waals surface area contributed by atoms with Crippen LogP contribution in [0.2, 0.25) is 0 Å². The molecule has 7 heteroatoms. The number of hydrogen-bond donors (Lipinski definition) is 0. The second-order valence-electron chi connectivity index (χ2n) is 6.89. The molecule has 2 aromatic carbocycles. The van der Waals surface area contributed by atoms with Crippen LogP contribution < -0.4 is 9.64 Å². The second kappa shape index (κ2) is 8.14. The molecular weight excluding hydrogens is 378 g/mol. The molecule has 0 bridgehead atoms. The number of hydrogen-bond acceptors (Lipinski definition) is 5. The normalized spacial score (nSPS) is 13.7. The van der Waals surface area contributed by atoms with E-state index < -0.39 is 21.5 Å². The number of para-hydroxylation sites is 1. The Morgan fingerprint density at radius 2 is 1.89 bits per heavy atom. The van der Waals surface area contributed by atoms with E-state index in [0.717, 1.165) is 24.1 Å². The molecule has 1 heterocycles. The Balaban J connectivity index is 1.81. The average molecular weight is 401 g/mol. The van der Waals surface area contributed by atoms with Crippen molar-refractivity contribution in [1.82, 2.24) is 0 Å². The number of ketones is 1. The summed E-state index contributed by atoms with van der Waals surface area (Å²) < 4.78 is 30.7. The monoisotopic (exact) mass is 401 g/mol. The lowest BCUT2D eigenvalue weighted by atomic mass is 10.0. The zero-order chi connectivity index (χ0) is 20.3. The molecule has 3 rings (SSSR count).